The van der Waals surface area contributed by atoms with Gasteiger partial charge in [0.25, 0.3) is 0 Å². The topological polar surface area (TPSA) is 38.2 Å². The minimum Gasteiger partial charge on any atom is -0.381 e. The summed E-state index contributed by atoms with van der Waals surface area (Å²) in [4.78, 5) is 2.06. The van der Waals surface area contributed by atoms with Crippen LogP contribution in [0.4, 0.5) is 5.69 Å². The molecule has 2 heterocycles. The lowest BCUT2D eigenvalue weighted by molar-refractivity contribution is 0.0576. The smallest absolute Gasteiger partial charge is 0.175 e. The second-order valence-electron chi connectivity index (χ2n) is 4.31. The lowest BCUT2D eigenvalue weighted by Crippen LogP contribution is -2.31. The van der Waals surface area contributed by atoms with Crippen molar-refractivity contribution in [3.63, 3.8) is 0 Å². The Bertz CT molecular complexity index is 383. The first-order chi connectivity index (χ1) is 8.16. The van der Waals surface area contributed by atoms with Crippen LogP contribution in [0.15, 0.2) is 6.07 Å². The number of hydrogen-bond acceptors (Lipinski definition) is 4. The van der Waals surface area contributed by atoms with Gasteiger partial charge in [0.2, 0.25) is 0 Å². The van der Waals surface area contributed by atoms with Crippen molar-refractivity contribution in [3.05, 3.63) is 16.4 Å². The van der Waals surface area contributed by atoms with Gasteiger partial charge in [-0.15, -0.1) is 10.2 Å². The van der Waals surface area contributed by atoms with E-state index in [0.717, 1.165) is 31.9 Å². The van der Waals surface area contributed by atoms with Gasteiger partial charge in [-0.2, -0.15) is 0 Å². The number of ether oxygens (including phenoxy) is 1. The summed E-state index contributed by atoms with van der Waals surface area (Å²) in [6.45, 7) is 2.58. The van der Waals surface area contributed by atoms with Gasteiger partial charge in [-0.25, -0.2) is 0 Å². The zero-order valence-corrected chi connectivity index (χ0v) is 11.2. The molecule has 1 aliphatic rings. The van der Waals surface area contributed by atoms with Crippen LogP contribution in [0.2, 0.25) is 10.3 Å². The molecule has 1 atom stereocenters. The lowest BCUT2D eigenvalue weighted by atomic mass is 10.0. The van der Waals surface area contributed by atoms with Gasteiger partial charge in [-0.1, -0.05) is 23.2 Å². The van der Waals surface area contributed by atoms with Crippen LogP contribution in [0.1, 0.15) is 12.8 Å². The summed E-state index contributed by atoms with van der Waals surface area (Å²) in [5.41, 5.74) is 0.817. The second kappa shape index (κ2) is 5.85. The molecule has 1 saturated heterocycles. The van der Waals surface area contributed by atoms with Crippen molar-refractivity contribution in [1.82, 2.24) is 10.2 Å². The van der Waals surface area contributed by atoms with Gasteiger partial charge >= 0.3 is 0 Å². The SMILES string of the molecule is CN(CC1CCCOC1)c1cc(Cl)nnc1Cl. The highest BCUT2D eigenvalue weighted by Crippen LogP contribution is 2.26. The summed E-state index contributed by atoms with van der Waals surface area (Å²) in [6, 6.07) is 1.74. The molecule has 0 aromatic carbocycles. The van der Waals surface area contributed by atoms with Crippen molar-refractivity contribution in [2.45, 2.75) is 12.8 Å². The van der Waals surface area contributed by atoms with E-state index in [4.69, 9.17) is 27.9 Å². The molecular formula is C11H15Cl2N3O. The van der Waals surface area contributed by atoms with Crippen LogP contribution < -0.4 is 4.90 Å². The van der Waals surface area contributed by atoms with E-state index in [1.54, 1.807) is 6.07 Å². The van der Waals surface area contributed by atoms with E-state index < -0.39 is 0 Å². The third kappa shape index (κ3) is 3.44. The van der Waals surface area contributed by atoms with E-state index in [-0.39, 0.29) is 0 Å². The van der Waals surface area contributed by atoms with Gasteiger partial charge in [-0.3, -0.25) is 0 Å². The Balaban J connectivity index is 2.02. The molecule has 2 rings (SSSR count). The Morgan fingerprint density at radius 2 is 2.29 bits per heavy atom. The molecule has 0 spiro atoms. The highest BCUT2D eigenvalue weighted by molar-refractivity contribution is 6.33. The molecule has 0 saturated carbocycles. The maximum Gasteiger partial charge on any atom is 0.175 e. The maximum atomic E-state index is 6.00. The summed E-state index contributed by atoms with van der Waals surface area (Å²) in [7, 11) is 1.98. The predicted octanol–water partition coefficient (Wildman–Crippen LogP) is 2.65. The fourth-order valence-electron chi connectivity index (χ4n) is 2.05. The molecule has 4 nitrogen and oxygen atoms in total. The molecule has 0 radical (unpaired) electrons. The highest BCUT2D eigenvalue weighted by atomic mass is 35.5. The molecule has 1 fully saturated rings. The molecule has 94 valence electrons. The Labute approximate surface area is 111 Å². The van der Waals surface area contributed by atoms with E-state index in [1.807, 2.05) is 7.05 Å². The minimum atomic E-state index is 0.358. The number of aromatic nitrogens is 2. The van der Waals surface area contributed by atoms with E-state index >= 15 is 0 Å². The Morgan fingerprint density at radius 1 is 1.47 bits per heavy atom. The molecule has 0 N–H and O–H groups in total. The van der Waals surface area contributed by atoms with E-state index in [9.17, 15) is 0 Å². The third-order valence-electron chi connectivity index (χ3n) is 2.90. The second-order valence-corrected chi connectivity index (χ2v) is 5.05. The van der Waals surface area contributed by atoms with Gasteiger partial charge in [-0.05, 0) is 18.8 Å². The predicted molar refractivity (Wildman–Crippen MR) is 68.9 cm³/mol. The molecule has 1 unspecified atom stereocenters. The van der Waals surface area contributed by atoms with Gasteiger partial charge in [0.15, 0.2) is 10.3 Å². The average Bonchev–Trinajstić information content (AvgIpc) is 2.33. The summed E-state index contributed by atoms with van der Waals surface area (Å²) >= 11 is 11.8. The van der Waals surface area contributed by atoms with Crippen molar-refractivity contribution in [2.75, 3.05) is 31.7 Å². The minimum absolute atomic E-state index is 0.358. The fourth-order valence-corrected chi connectivity index (χ4v) is 2.43. The van der Waals surface area contributed by atoms with Gasteiger partial charge in [0.1, 0.15) is 0 Å². The van der Waals surface area contributed by atoms with Crippen LogP contribution in [-0.4, -0.2) is 37.0 Å². The molecule has 6 heteroatoms. The van der Waals surface area contributed by atoms with Crippen molar-refractivity contribution < 1.29 is 4.74 Å². The number of rotatable bonds is 3. The van der Waals surface area contributed by atoms with Gasteiger partial charge in [0, 0.05) is 26.3 Å². The van der Waals surface area contributed by atoms with E-state index in [1.165, 1.54) is 6.42 Å². The molecule has 1 aromatic heterocycles. The van der Waals surface area contributed by atoms with Crippen molar-refractivity contribution in [3.8, 4) is 0 Å². The number of hydrogen-bond donors (Lipinski definition) is 0. The normalized spacial score (nSPS) is 20.3. The standard InChI is InChI=1S/C11H15Cl2N3O/c1-16(6-8-3-2-4-17-7-8)9-5-10(12)14-15-11(9)13/h5,8H,2-4,6-7H2,1H3. The molecule has 17 heavy (non-hydrogen) atoms. The van der Waals surface area contributed by atoms with Crippen LogP contribution in [0, 0.1) is 5.92 Å². The van der Waals surface area contributed by atoms with Crippen LogP contribution >= 0.6 is 23.2 Å². The first-order valence-corrected chi connectivity index (χ1v) is 6.40. The summed E-state index contributed by atoms with van der Waals surface area (Å²) < 4.78 is 5.46. The number of anilines is 1. The zero-order valence-electron chi connectivity index (χ0n) is 9.70. The monoisotopic (exact) mass is 275 g/mol. The first kappa shape index (κ1) is 12.9. The van der Waals surface area contributed by atoms with Crippen LogP contribution in [0.3, 0.4) is 0 Å². The molecule has 0 amide bonds. The lowest BCUT2D eigenvalue weighted by Gasteiger charge is -2.28. The van der Waals surface area contributed by atoms with E-state index in [2.05, 4.69) is 15.1 Å². The van der Waals surface area contributed by atoms with Crippen molar-refractivity contribution in [2.24, 2.45) is 5.92 Å². The van der Waals surface area contributed by atoms with Crippen molar-refractivity contribution in [1.29, 1.82) is 0 Å². The molecule has 0 aliphatic carbocycles. The Morgan fingerprint density at radius 3 is 3.00 bits per heavy atom. The average molecular weight is 276 g/mol. The highest BCUT2D eigenvalue weighted by Gasteiger charge is 2.18. The summed E-state index contributed by atoms with van der Waals surface area (Å²) in [6.07, 6.45) is 2.32. The molecule has 1 aliphatic heterocycles. The number of halogens is 2. The van der Waals surface area contributed by atoms with Gasteiger partial charge in [0.05, 0.1) is 12.3 Å². The number of nitrogens with zero attached hydrogens (tertiary/aromatic N) is 3. The summed E-state index contributed by atoms with van der Waals surface area (Å²) in [5.74, 6) is 0.539. The van der Waals surface area contributed by atoms with Crippen LogP contribution in [0.25, 0.3) is 0 Å². The molecular weight excluding hydrogens is 261 g/mol. The molecule has 0 bridgehead atoms. The zero-order chi connectivity index (χ0) is 12.3. The van der Waals surface area contributed by atoms with Crippen LogP contribution in [0.5, 0.6) is 0 Å². The first-order valence-electron chi connectivity index (χ1n) is 5.64. The Hall–Kier alpha value is -0.580. The Kier molecular flexibility index (Phi) is 4.42. The largest absolute Gasteiger partial charge is 0.381 e. The quantitative estimate of drug-likeness (QED) is 0.850. The third-order valence-corrected chi connectivity index (χ3v) is 3.35. The summed E-state index contributed by atoms with van der Waals surface area (Å²) in [5, 5.41) is 8.24. The van der Waals surface area contributed by atoms with E-state index in [0.29, 0.717) is 16.2 Å². The van der Waals surface area contributed by atoms with Crippen molar-refractivity contribution >= 4 is 28.9 Å². The molecule has 1 aromatic rings. The van der Waals surface area contributed by atoms with Gasteiger partial charge < -0.3 is 9.64 Å². The van der Waals surface area contributed by atoms with Crippen LogP contribution in [-0.2, 0) is 4.74 Å². The maximum absolute atomic E-state index is 6.00. The fraction of sp³-hybridized carbons (Fsp3) is 0.636.